The van der Waals surface area contributed by atoms with Gasteiger partial charge in [0.2, 0.25) is 0 Å². The number of aryl methyl sites for hydroxylation is 3. The Balaban J connectivity index is 0.957. The van der Waals surface area contributed by atoms with Crippen LogP contribution in [0.4, 0.5) is 0 Å². The highest BCUT2D eigenvalue weighted by atomic mass is 32.2. The number of thiazole rings is 2. The molecule has 6 aromatic rings. The van der Waals surface area contributed by atoms with E-state index in [0.29, 0.717) is 46.6 Å². The first-order chi connectivity index (χ1) is 52.3. The number of carbonyl (C=O) groups excluding carboxylic acids is 2. The van der Waals surface area contributed by atoms with Crippen molar-refractivity contribution in [2.24, 2.45) is 11.8 Å². The fraction of sp³-hybridized carbons (Fsp3) is 0.617. The van der Waals surface area contributed by atoms with E-state index in [4.69, 9.17) is 9.97 Å². The van der Waals surface area contributed by atoms with Gasteiger partial charge in [0.05, 0.1) is 32.3 Å². The van der Waals surface area contributed by atoms with E-state index in [0.717, 1.165) is 95.4 Å². The second kappa shape index (κ2) is 48.5. The minimum atomic E-state index is -0.0156. The monoisotopic (exact) mass is 1540 g/mol. The van der Waals surface area contributed by atoms with Gasteiger partial charge in [0.25, 0.3) is 11.8 Å². The van der Waals surface area contributed by atoms with Crippen molar-refractivity contribution >= 4 is 97.0 Å². The number of hydrogen-bond acceptors (Lipinski definition) is 10. The van der Waals surface area contributed by atoms with Gasteiger partial charge in [0, 0.05) is 55.5 Å². The number of thiophene rings is 2. The Morgan fingerprint density at radius 3 is 1.25 bits per heavy atom. The van der Waals surface area contributed by atoms with Crippen LogP contribution in [0, 0.1) is 11.8 Å². The summed E-state index contributed by atoms with van der Waals surface area (Å²) < 4.78 is 0. The molecular weight excluding hydrogens is 1410 g/mol. The summed E-state index contributed by atoms with van der Waals surface area (Å²) in [5.74, 6) is 0.607. The normalized spacial score (nSPS) is 16.6. The molecule has 0 saturated heterocycles. The zero-order chi connectivity index (χ0) is 73.6. The third-order valence-corrected chi connectivity index (χ3v) is 30.6. The Kier molecular flexibility index (Phi) is 38.5. The van der Waals surface area contributed by atoms with Crippen LogP contribution in [-0.4, -0.2) is 55.2 Å². The summed E-state index contributed by atoms with van der Waals surface area (Å²) in [4.78, 5) is 55.5. The lowest BCUT2D eigenvalue weighted by molar-refractivity contribution is -0.124. The number of amides is 2. The lowest BCUT2D eigenvalue weighted by Crippen LogP contribution is -2.35. The summed E-state index contributed by atoms with van der Waals surface area (Å²) in [6, 6.07) is 28.8. The molecule has 4 aromatic heterocycles. The van der Waals surface area contributed by atoms with Crippen molar-refractivity contribution in [3.05, 3.63) is 156 Å². The van der Waals surface area contributed by atoms with Crippen molar-refractivity contribution in [3.63, 3.8) is 0 Å². The van der Waals surface area contributed by atoms with Crippen LogP contribution in [0.2, 0.25) is 0 Å². The first kappa shape index (κ1) is 84.2. The van der Waals surface area contributed by atoms with Gasteiger partial charge < -0.3 is 9.80 Å². The second-order valence-corrected chi connectivity index (χ2v) is 38.3. The van der Waals surface area contributed by atoms with Gasteiger partial charge in [0.1, 0.15) is 10.0 Å². The Morgan fingerprint density at radius 1 is 0.406 bits per heavy atom. The molecule has 0 bridgehead atoms. The summed E-state index contributed by atoms with van der Waals surface area (Å²) in [6.45, 7) is 10.5. The molecule has 4 aliphatic heterocycles. The smallest absolute Gasteiger partial charge is 0.261 e. The summed E-state index contributed by atoms with van der Waals surface area (Å²) in [5, 5.41) is 7.49. The van der Waals surface area contributed by atoms with E-state index in [1.807, 2.05) is 40.6 Å². The van der Waals surface area contributed by atoms with E-state index in [2.05, 4.69) is 151 Å². The molecule has 4 unspecified atom stereocenters. The number of unbranched alkanes of at least 4 members (excludes halogenated alkanes) is 32. The Bertz CT molecular complexity index is 3610. The summed E-state index contributed by atoms with van der Waals surface area (Å²) in [5.41, 5.74) is 8.53. The predicted octanol–water partition coefficient (Wildman–Crippen LogP) is 30.2. The van der Waals surface area contributed by atoms with Crippen LogP contribution < -0.4 is 0 Å². The molecule has 12 heteroatoms. The SMILES string of the molecule is CCCCCCCCCCCCC(CCCCCCCCCC)CN1C(=O)C2=C(c3ncc(-c4ccc(-c5cc(CCCc6ccccc6)cs5)s4)s3)N(CC(CCCCCCCCCC)CCCCCCCCCCCC)C(=O)C2=C1c1ncc(C2=CCC(C3CC(CCCc4ccccc4)=CS3)S2)s1. The van der Waals surface area contributed by atoms with E-state index < -0.39 is 0 Å². The lowest BCUT2D eigenvalue weighted by atomic mass is 9.93. The first-order valence-corrected chi connectivity index (χ1v) is 48.5. The molecule has 0 spiro atoms. The molecule has 2 amide bonds. The van der Waals surface area contributed by atoms with E-state index in [1.165, 1.54) is 280 Å². The molecule has 6 nitrogen and oxygen atoms in total. The van der Waals surface area contributed by atoms with Crippen molar-refractivity contribution in [1.29, 1.82) is 0 Å². The molecule has 4 atom stereocenters. The number of benzene rings is 2. The molecule has 0 aliphatic carbocycles. The Hall–Kier alpha value is -4.30. The molecule has 4 aliphatic rings. The minimum absolute atomic E-state index is 0.0156. The molecule has 0 saturated carbocycles. The third kappa shape index (κ3) is 27.0. The summed E-state index contributed by atoms with van der Waals surface area (Å²) in [6.07, 6.45) is 66.7. The molecule has 2 aromatic carbocycles. The van der Waals surface area contributed by atoms with Crippen molar-refractivity contribution in [2.75, 3.05) is 13.1 Å². The van der Waals surface area contributed by atoms with E-state index in [-0.39, 0.29) is 11.8 Å². The average Bonchev–Trinajstić information content (AvgIpc) is 1.55. The van der Waals surface area contributed by atoms with Gasteiger partial charge in [-0.15, -0.1) is 68.9 Å². The quantitative estimate of drug-likeness (QED) is 0.0355. The number of fused-ring (bicyclic) bond motifs is 1. The number of thioether (sulfide) groups is 2. The van der Waals surface area contributed by atoms with Gasteiger partial charge in [-0.3, -0.25) is 9.59 Å². The average molecular weight is 1540 g/mol. The number of hydrogen-bond donors (Lipinski definition) is 0. The number of rotatable bonds is 58. The van der Waals surface area contributed by atoms with Crippen LogP contribution in [-0.2, 0) is 28.9 Å². The van der Waals surface area contributed by atoms with Gasteiger partial charge in [-0.2, -0.15) is 0 Å². The number of carbonyl (C=O) groups is 2. The fourth-order valence-electron chi connectivity index (χ4n) is 16.7. The lowest BCUT2D eigenvalue weighted by Gasteiger charge is -2.29. The standard InChI is InChI=1S/C94H134N4O2S6/c1-5-9-13-17-21-25-27-31-35-41-55-75(53-39-33-29-23-19-15-11-7-3)69-97-89(91-95-67-85(105-91)81-63-61-79(103-81)83-65-77(71-101-83)59-47-57-73-49-43-37-44-50-73)87-88(93(97)99)90(92-96-68-86(106-92)82-64-62-80(104-82)84-66-78(72-102-84)60-48-58-74-51-45-38-46-52-74)98(94(87)100)70-76(54-40-34-30-24-20-16-12-8-4)56-42-36-32-28-26-22-18-14-10-6-2/h37-38,43-46,49-52,61,63-65,67-68,71-72,75-76,80,84H,5-36,39-42,47-48,53-60,62,66,69-70H2,1-4H3. The molecular formula is C94H134N4O2S6. The molecule has 10 rings (SSSR count). The van der Waals surface area contributed by atoms with Gasteiger partial charge in [0.15, 0.2) is 0 Å². The Morgan fingerprint density at radius 2 is 0.802 bits per heavy atom. The molecule has 0 fully saturated rings. The van der Waals surface area contributed by atoms with Crippen molar-refractivity contribution in [3.8, 4) is 19.5 Å². The zero-order valence-corrected chi connectivity index (χ0v) is 71.0. The van der Waals surface area contributed by atoms with Crippen LogP contribution in [0.15, 0.2) is 125 Å². The van der Waals surface area contributed by atoms with Crippen LogP contribution >= 0.6 is 68.9 Å². The molecule has 106 heavy (non-hydrogen) atoms. The van der Waals surface area contributed by atoms with Crippen LogP contribution in [0.1, 0.15) is 348 Å². The Labute approximate surface area is 668 Å². The van der Waals surface area contributed by atoms with Gasteiger partial charge >= 0.3 is 0 Å². The summed E-state index contributed by atoms with van der Waals surface area (Å²) >= 11 is 11.2. The predicted molar refractivity (Wildman–Crippen MR) is 468 cm³/mol. The van der Waals surface area contributed by atoms with Crippen molar-refractivity contribution < 1.29 is 9.59 Å². The van der Waals surface area contributed by atoms with Gasteiger partial charge in [-0.05, 0) is 135 Å². The van der Waals surface area contributed by atoms with E-state index in [1.54, 1.807) is 28.2 Å². The zero-order valence-electron chi connectivity index (χ0n) is 66.1. The largest absolute Gasteiger partial charge is 0.304 e. The van der Waals surface area contributed by atoms with Crippen LogP contribution in [0.5, 0.6) is 0 Å². The maximum atomic E-state index is 16.6. The highest BCUT2D eigenvalue weighted by Crippen LogP contribution is 2.53. The number of aromatic nitrogens is 2. The van der Waals surface area contributed by atoms with Gasteiger partial charge in [-0.1, -0.05) is 331 Å². The van der Waals surface area contributed by atoms with E-state index >= 15 is 9.59 Å². The number of allylic oxidation sites excluding steroid dienone is 2. The number of nitrogens with zero attached hydrogens (tertiary/aromatic N) is 4. The molecule has 8 heterocycles. The molecule has 578 valence electrons. The van der Waals surface area contributed by atoms with Crippen molar-refractivity contribution in [1.82, 2.24) is 19.8 Å². The topological polar surface area (TPSA) is 66.4 Å². The third-order valence-electron chi connectivity index (χ3n) is 23.0. The van der Waals surface area contributed by atoms with Gasteiger partial charge in [-0.25, -0.2) is 9.97 Å². The van der Waals surface area contributed by atoms with Crippen LogP contribution in [0.3, 0.4) is 0 Å². The highest BCUT2D eigenvalue weighted by Gasteiger charge is 2.51. The minimum Gasteiger partial charge on any atom is -0.304 e. The molecule has 0 radical (unpaired) electrons. The first-order valence-electron chi connectivity index (χ1n) is 43.3. The highest BCUT2D eigenvalue weighted by molar-refractivity contribution is 8.11. The summed E-state index contributed by atoms with van der Waals surface area (Å²) in [7, 11) is 0. The maximum Gasteiger partial charge on any atom is 0.261 e. The second-order valence-electron chi connectivity index (χ2n) is 31.8. The van der Waals surface area contributed by atoms with E-state index in [9.17, 15) is 0 Å². The van der Waals surface area contributed by atoms with Crippen LogP contribution in [0.25, 0.3) is 35.8 Å². The van der Waals surface area contributed by atoms with Crippen molar-refractivity contribution in [2.45, 2.75) is 346 Å². The maximum absolute atomic E-state index is 16.6. The fourth-order valence-corrected chi connectivity index (χ4v) is 23.6. The molecule has 0 N–H and O–H groups in total.